The van der Waals surface area contributed by atoms with Gasteiger partial charge in [-0.05, 0) is 68.9 Å². The largest absolute Gasteiger partial charge is 0.497 e. The van der Waals surface area contributed by atoms with Gasteiger partial charge < -0.3 is 24.0 Å². The zero-order chi connectivity index (χ0) is 24.8. The van der Waals surface area contributed by atoms with E-state index in [4.69, 9.17) is 14.2 Å². The summed E-state index contributed by atoms with van der Waals surface area (Å²) in [5, 5.41) is 0.323. The summed E-state index contributed by atoms with van der Waals surface area (Å²) < 4.78 is 16.4. The first-order chi connectivity index (χ1) is 17.0. The fourth-order valence-corrected chi connectivity index (χ4v) is 6.15. The van der Waals surface area contributed by atoms with Gasteiger partial charge in [-0.3, -0.25) is 9.69 Å². The SMILES string of the molecule is COc1ccc(S[C@@H]2C[C@@H](C(=O)N3CCCN(C)CC3)N(Cc3cc(OC)ccc3OC)C2)cc1. The molecule has 0 N–H and O–H groups in total. The van der Waals surface area contributed by atoms with Crippen LogP contribution in [0.15, 0.2) is 47.4 Å². The molecule has 0 unspecified atom stereocenters. The predicted octanol–water partition coefficient (Wildman–Crippen LogP) is 3.61. The van der Waals surface area contributed by atoms with E-state index in [2.05, 4.69) is 33.9 Å². The number of carbonyl (C=O) groups excluding carboxylic acids is 1. The third kappa shape index (κ3) is 6.42. The number of rotatable bonds is 8. The highest BCUT2D eigenvalue weighted by Gasteiger charge is 2.39. The van der Waals surface area contributed by atoms with Gasteiger partial charge in [0.15, 0.2) is 0 Å². The standard InChI is InChI=1S/C27H37N3O4S/c1-28-12-5-13-29(15-14-28)27(31)25-17-24(35-23-9-6-21(32-2)7-10-23)19-30(25)18-20-16-22(33-3)8-11-26(20)34-4/h6-11,16,24-25H,5,12-15,17-19H2,1-4H3/t24-,25+/m1/s1. The summed E-state index contributed by atoms with van der Waals surface area (Å²) in [7, 11) is 7.17. The zero-order valence-corrected chi connectivity index (χ0v) is 22.1. The highest BCUT2D eigenvalue weighted by Crippen LogP contribution is 2.36. The van der Waals surface area contributed by atoms with E-state index in [1.54, 1.807) is 21.3 Å². The maximum atomic E-state index is 13.8. The van der Waals surface area contributed by atoms with Gasteiger partial charge in [-0.15, -0.1) is 11.8 Å². The van der Waals surface area contributed by atoms with Crippen LogP contribution >= 0.6 is 11.8 Å². The number of hydrogen-bond donors (Lipinski definition) is 0. The molecule has 190 valence electrons. The number of ether oxygens (including phenoxy) is 3. The van der Waals surface area contributed by atoms with Crippen molar-refractivity contribution in [2.45, 2.75) is 35.6 Å². The van der Waals surface area contributed by atoms with Gasteiger partial charge in [0.05, 0.1) is 27.4 Å². The summed E-state index contributed by atoms with van der Waals surface area (Å²) >= 11 is 1.84. The molecule has 0 aromatic heterocycles. The molecule has 2 aliphatic rings. The summed E-state index contributed by atoms with van der Waals surface area (Å²) in [4.78, 5) is 21.7. The molecule has 2 fully saturated rings. The number of methoxy groups -OCH3 is 3. The van der Waals surface area contributed by atoms with E-state index in [9.17, 15) is 4.79 Å². The molecule has 1 amide bonds. The summed E-state index contributed by atoms with van der Waals surface area (Å²) in [6.45, 7) is 5.05. The van der Waals surface area contributed by atoms with Crippen LogP contribution in [0, 0.1) is 0 Å². The van der Waals surface area contributed by atoms with Crippen molar-refractivity contribution in [3.8, 4) is 17.2 Å². The molecule has 0 aliphatic carbocycles. The molecule has 7 nitrogen and oxygen atoms in total. The highest BCUT2D eigenvalue weighted by molar-refractivity contribution is 8.00. The van der Waals surface area contributed by atoms with E-state index in [1.165, 1.54) is 4.90 Å². The van der Waals surface area contributed by atoms with Crippen molar-refractivity contribution in [3.05, 3.63) is 48.0 Å². The average molecular weight is 500 g/mol. The van der Waals surface area contributed by atoms with Crippen LogP contribution in [-0.4, -0.2) is 93.0 Å². The summed E-state index contributed by atoms with van der Waals surface area (Å²) in [5.41, 5.74) is 1.04. The number of thioether (sulfide) groups is 1. The number of likely N-dealkylation sites (tertiary alicyclic amines) is 1. The molecule has 0 bridgehead atoms. The van der Waals surface area contributed by atoms with E-state index in [1.807, 2.05) is 42.1 Å². The van der Waals surface area contributed by atoms with Crippen molar-refractivity contribution in [1.29, 1.82) is 0 Å². The molecule has 35 heavy (non-hydrogen) atoms. The Labute approximate surface area is 213 Å². The van der Waals surface area contributed by atoms with Gasteiger partial charge in [0.25, 0.3) is 0 Å². The summed E-state index contributed by atoms with van der Waals surface area (Å²) in [5.74, 6) is 2.72. The average Bonchev–Trinajstić information content (AvgIpc) is 3.13. The Bertz CT molecular complexity index is 987. The molecule has 8 heteroatoms. The van der Waals surface area contributed by atoms with Crippen molar-refractivity contribution < 1.29 is 19.0 Å². The fraction of sp³-hybridized carbons (Fsp3) is 0.519. The molecule has 2 atom stereocenters. The smallest absolute Gasteiger partial charge is 0.240 e. The first-order valence-corrected chi connectivity index (χ1v) is 13.1. The Morgan fingerprint density at radius 2 is 1.69 bits per heavy atom. The normalized spacial score (nSPS) is 21.5. The molecule has 0 saturated carbocycles. The number of amides is 1. The Morgan fingerprint density at radius 3 is 2.40 bits per heavy atom. The van der Waals surface area contributed by atoms with Crippen LogP contribution in [0.25, 0.3) is 0 Å². The number of likely N-dealkylation sites (N-methyl/N-ethyl adjacent to an activating group) is 1. The van der Waals surface area contributed by atoms with Crippen LogP contribution in [0.2, 0.25) is 0 Å². The summed E-state index contributed by atoms with van der Waals surface area (Å²) in [6.07, 6.45) is 1.84. The number of benzene rings is 2. The lowest BCUT2D eigenvalue weighted by molar-refractivity contribution is -0.136. The van der Waals surface area contributed by atoms with Crippen molar-refractivity contribution in [2.24, 2.45) is 0 Å². The van der Waals surface area contributed by atoms with Gasteiger partial charge in [0, 0.05) is 48.4 Å². The minimum atomic E-state index is -0.148. The van der Waals surface area contributed by atoms with Crippen LogP contribution in [-0.2, 0) is 11.3 Å². The molecular weight excluding hydrogens is 462 g/mol. The van der Waals surface area contributed by atoms with Gasteiger partial charge in [0.1, 0.15) is 17.2 Å². The first-order valence-electron chi connectivity index (χ1n) is 12.2. The molecule has 2 aromatic rings. The maximum absolute atomic E-state index is 13.8. The maximum Gasteiger partial charge on any atom is 0.240 e. The van der Waals surface area contributed by atoms with E-state index in [-0.39, 0.29) is 11.9 Å². The Morgan fingerprint density at radius 1 is 0.943 bits per heavy atom. The Balaban J connectivity index is 1.54. The molecule has 2 saturated heterocycles. The second-order valence-electron chi connectivity index (χ2n) is 9.26. The second kappa shape index (κ2) is 12.0. The molecule has 0 spiro atoms. The monoisotopic (exact) mass is 499 g/mol. The number of hydrogen-bond acceptors (Lipinski definition) is 7. The molecular formula is C27H37N3O4S. The van der Waals surface area contributed by atoms with Gasteiger partial charge in [0.2, 0.25) is 5.91 Å². The van der Waals surface area contributed by atoms with Crippen molar-refractivity contribution >= 4 is 17.7 Å². The zero-order valence-electron chi connectivity index (χ0n) is 21.2. The van der Waals surface area contributed by atoms with Crippen LogP contribution in [0.3, 0.4) is 0 Å². The van der Waals surface area contributed by atoms with E-state index in [0.717, 1.165) is 68.4 Å². The minimum Gasteiger partial charge on any atom is -0.497 e. The quantitative estimate of drug-likeness (QED) is 0.550. The lowest BCUT2D eigenvalue weighted by atomic mass is 10.1. The lowest BCUT2D eigenvalue weighted by Gasteiger charge is -2.30. The molecule has 2 heterocycles. The van der Waals surface area contributed by atoms with Gasteiger partial charge in [-0.1, -0.05) is 0 Å². The van der Waals surface area contributed by atoms with Crippen molar-refractivity contribution in [1.82, 2.24) is 14.7 Å². The van der Waals surface area contributed by atoms with E-state index >= 15 is 0 Å². The first kappa shape index (κ1) is 25.7. The Hall–Kier alpha value is -2.42. The lowest BCUT2D eigenvalue weighted by Crippen LogP contribution is -2.46. The van der Waals surface area contributed by atoms with E-state index < -0.39 is 0 Å². The molecule has 0 radical (unpaired) electrons. The van der Waals surface area contributed by atoms with Crippen LogP contribution in [0.4, 0.5) is 0 Å². The van der Waals surface area contributed by atoms with Crippen LogP contribution in [0.5, 0.6) is 17.2 Å². The molecule has 4 rings (SSSR count). The number of nitrogens with zero attached hydrogens (tertiary/aromatic N) is 3. The Kier molecular flexibility index (Phi) is 8.81. The highest BCUT2D eigenvalue weighted by atomic mass is 32.2. The van der Waals surface area contributed by atoms with Crippen LogP contribution < -0.4 is 14.2 Å². The van der Waals surface area contributed by atoms with Gasteiger partial charge in [-0.2, -0.15) is 0 Å². The van der Waals surface area contributed by atoms with Crippen molar-refractivity contribution in [3.63, 3.8) is 0 Å². The van der Waals surface area contributed by atoms with Crippen LogP contribution in [0.1, 0.15) is 18.4 Å². The van der Waals surface area contributed by atoms with Gasteiger partial charge in [-0.25, -0.2) is 0 Å². The van der Waals surface area contributed by atoms with Gasteiger partial charge >= 0.3 is 0 Å². The fourth-order valence-electron chi connectivity index (χ4n) is 4.93. The topological polar surface area (TPSA) is 54.5 Å². The minimum absolute atomic E-state index is 0.148. The third-order valence-corrected chi connectivity index (χ3v) is 8.12. The van der Waals surface area contributed by atoms with E-state index in [0.29, 0.717) is 11.8 Å². The second-order valence-corrected chi connectivity index (χ2v) is 10.6. The molecule has 2 aromatic carbocycles. The summed E-state index contributed by atoms with van der Waals surface area (Å²) in [6, 6.07) is 13.9. The molecule has 2 aliphatic heterocycles. The number of carbonyl (C=O) groups is 1. The predicted molar refractivity (Wildman–Crippen MR) is 140 cm³/mol. The third-order valence-electron chi connectivity index (χ3n) is 6.90. The van der Waals surface area contributed by atoms with Crippen molar-refractivity contribution in [2.75, 3.05) is 61.1 Å².